The van der Waals surface area contributed by atoms with Gasteiger partial charge in [-0.3, -0.25) is 9.59 Å². The van der Waals surface area contributed by atoms with E-state index in [0.717, 1.165) is 30.0 Å². The number of quaternary nitrogens is 1. The highest BCUT2D eigenvalue weighted by Gasteiger charge is 2.22. The minimum Gasteiger partial charge on any atom is -0.370 e. The second-order valence-corrected chi connectivity index (χ2v) is 7.73. The molecule has 1 aromatic carbocycles. The second kappa shape index (κ2) is 8.58. The van der Waals surface area contributed by atoms with Crippen molar-refractivity contribution < 1.29 is 19.2 Å². The Balaban J connectivity index is 1.77. The topological polar surface area (TPSA) is 59.8 Å². The molecule has 5 nitrogen and oxygen atoms in total. The molecule has 0 atom stereocenters. The summed E-state index contributed by atoms with van der Waals surface area (Å²) in [6.07, 6.45) is 0.837. The molecule has 6 heteroatoms. The number of amides is 1. The first-order valence-electron chi connectivity index (χ1n) is 9.02. The lowest BCUT2D eigenvalue weighted by molar-refractivity contribution is -0.899. The minimum atomic E-state index is -0.0512. The van der Waals surface area contributed by atoms with Crippen molar-refractivity contribution in [3.8, 4) is 0 Å². The van der Waals surface area contributed by atoms with Crippen LogP contribution in [0.4, 0.5) is 5.00 Å². The molecule has 2 heterocycles. The van der Waals surface area contributed by atoms with Crippen LogP contribution in [-0.4, -0.2) is 44.5 Å². The summed E-state index contributed by atoms with van der Waals surface area (Å²) in [7, 11) is 0. The normalized spacial score (nSPS) is 15.0. The van der Waals surface area contributed by atoms with E-state index in [1.165, 1.54) is 16.2 Å². The SMILES string of the molecule is CCc1cc(C(=O)c2cccc(C)c2)c(NC(=O)C[NH+]2CCOCC2)s1. The number of hydrogen-bond acceptors (Lipinski definition) is 4. The van der Waals surface area contributed by atoms with Crippen LogP contribution in [0, 0.1) is 6.92 Å². The van der Waals surface area contributed by atoms with Crippen molar-refractivity contribution >= 4 is 28.0 Å². The van der Waals surface area contributed by atoms with Crippen molar-refractivity contribution in [3.05, 3.63) is 51.9 Å². The Hall–Kier alpha value is -2.02. The molecule has 1 saturated heterocycles. The van der Waals surface area contributed by atoms with Crippen LogP contribution in [0.5, 0.6) is 0 Å². The number of nitrogens with one attached hydrogen (secondary N) is 2. The van der Waals surface area contributed by atoms with Gasteiger partial charge in [-0.15, -0.1) is 11.3 Å². The number of carbonyl (C=O) groups excluding carboxylic acids is 2. The van der Waals surface area contributed by atoms with Crippen LogP contribution in [0.3, 0.4) is 0 Å². The van der Waals surface area contributed by atoms with Gasteiger partial charge in [-0.2, -0.15) is 0 Å². The quantitative estimate of drug-likeness (QED) is 0.758. The molecule has 2 N–H and O–H groups in total. The van der Waals surface area contributed by atoms with Crippen LogP contribution in [0.1, 0.15) is 33.3 Å². The summed E-state index contributed by atoms with van der Waals surface area (Å²) in [6, 6.07) is 9.47. The molecule has 1 aliphatic heterocycles. The first-order chi connectivity index (χ1) is 12.6. The molecular formula is C20H25N2O3S+. The highest BCUT2D eigenvalue weighted by atomic mass is 32.1. The number of benzene rings is 1. The second-order valence-electron chi connectivity index (χ2n) is 6.59. The Morgan fingerprint density at radius 2 is 2.00 bits per heavy atom. The Morgan fingerprint density at radius 1 is 1.23 bits per heavy atom. The third-order valence-electron chi connectivity index (χ3n) is 4.52. The van der Waals surface area contributed by atoms with E-state index in [-0.39, 0.29) is 11.7 Å². The van der Waals surface area contributed by atoms with E-state index >= 15 is 0 Å². The van der Waals surface area contributed by atoms with Crippen molar-refractivity contribution in [3.63, 3.8) is 0 Å². The maximum absolute atomic E-state index is 13.0. The molecule has 1 fully saturated rings. The summed E-state index contributed by atoms with van der Waals surface area (Å²) in [5, 5.41) is 3.63. The van der Waals surface area contributed by atoms with Gasteiger partial charge in [-0.05, 0) is 25.5 Å². The average Bonchev–Trinajstić information content (AvgIpc) is 3.04. The zero-order chi connectivity index (χ0) is 18.5. The Kier molecular flexibility index (Phi) is 6.19. The van der Waals surface area contributed by atoms with Gasteiger partial charge in [0.05, 0.1) is 18.8 Å². The molecule has 2 aromatic rings. The van der Waals surface area contributed by atoms with Gasteiger partial charge in [0.2, 0.25) is 0 Å². The van der Waals surface area contributed by atoms with Crippen LogP contribution >= 0.6 is 11.3 Å². The van der Waals surface area contributed by atoms with E-state index in [2.05, 4.69) is 12.2 Å². The average molecular weight is 373 g/mol. The molecule has 0 unspecified atom stereocenters. The maximum atomic E-state index is 13.0. The number of rotatable bonds is 6. The van der Waals surface area contributed by atoms with Crippen molar-refractivity contribution in [1.82, 2.24) is 0 Å². The molecular weight excluding hydrogens is 348 g/mol. The molecule has 26 heavy (non-hydrogen) atoms. The molecule has 3 rings (SSSR count). The summed E-state index contributed by atoms with van der Waals surface area (Å²) in [5.74, 6) is -0.0941. The van der Waals surface area contributed by atoms with Gasteiger partial charge in [-0.1, -0.05) is 30.7 Å². The van der Waals surface area contributed by atoms with Crippen molar-refractivity contribution in [1.29, 1.82) is 0 Å². The number of ether oxygens (including phenoxy) is 1. The van der Waals surface area contributed by atoms with Crippen LogP contribution in [-0.2, 0) is 16.0 Å². The maximum Gasteiger partial charge on any atom is 0.280 e. The third kappa shape index (κ3) is 4.58. The molecule has 1 aliphatic rings. The zero-order valence-electron chi connectivity index (χ0n) is 15.3. The molecule has 0 saturated carbocycles. The zero-order valence-corrected chi connectivity index (χ0v) is 16.1. The van der Waals surface area contributed by atoms with E-state index < -0.39 is 0 Å². The van der Waals surface area contributed by atoms with Gasteiger partial charge in [0.15, 0.2) is 12.3 Å². The molecule has 0 aliphatic carbocycles. The van der Waals surface area contributed by atoms with Crippen LogP contribution in [0.2, 0.25) is 0 Å². The molecule has 1 aromatic heterocycles. The Bertz CT molecular complexity index is 794. The summed E-state index contributed by atoms with van der Waals surface area (Å²) < 4.78 is 5.33. The number of carbonyl (C=O) groups is 2. The number of anilines is 1. The van der Waals surface area contributed by atoms with E-state index in [1.54, 1.807) is 0 Å². The number of thiophene rings is 1. The van der Waals surface area contributed by atoms with Gasteiger partial charge in [0.25, 0.3) is 5.91 Å². The largest absolute Gasteiger partial charge is 0.370 e. The number of ketones is 1. The molecule has 1 amide bonds. The molecule has 0 radical (unpaired) electrons. The van der Waals surface area contributed by atoms with Crippen LogP contribution in [0.15, 0.2) is 30.3 Å². The fourth-order valence-corrected chi connectivity index (χ4v) is 4.06. The lowest BCUT2D eigenvalue weighted by atomic mass is 10.0. The Morgan fingerprint density at radius 3 is 2.69 bits per heavy atom. The summed E-state index contributed by atoms with van der Waals surface area (Å²) in [6.45, 7) is 7.49. The highest BCUT2D eigenvalue weighted by Crippen LogP contribution is 2.30. The third-order valence-corrected chi connectivity index (χ3v) is 5.71. The van der Waals surface area contributed by atoms with Gasteiger partial charge in [-0.25, -0.2) is 0 Å². The highest BCUT2D eigenvalue weighted by molar-refractivity contribution is 7.16. The Labute approximate surface area is 158 Å². The van der Waals surface area contributed by atoms with E-state index in [9.17, 15) is 9.59 Å². The van der Waals surface area contributed by atoms with Crippen molar-refractivity contribution in [2.45, 2.75) is 20.3 Å². The smallest absolute Gasteiger partial charge is 0.280 e. The number of morpholine rings is 1. The van der Waals surface area contributed by atoms with Gasteiger partial charge >= 0.3 is 0 Å². The predicted octanol–water partition coefficient (Wildman–Crippen LogP) is 1.70. The number of aryl methyl sites for hydroxylation is 2. The van der Waals surface area contributed by atoms with Gasteiger partial charge in [0, 0.05) is 10.4 Å². The number of hydrogen-bond donors (Lipinski definition) is 2. The molecule has 138 valence electrons. The minimum absolute atomic E-state index is 0.0429. The molecule has 0 spiro atoms. The van der Waals surface area contributed by atoms with Gasteiger partial charge in [0.1, 0.15) is 18.1 Å². The predicted molar refractivity (Wildman–Crippen MR) is 103 cm³/mol. The first-order valence-corrected chi connectivity index (χ1v) is 9.83. The van der Waals surface area contributed by atoms with Crippen molar-refractivity contribution in [2.75, 3.05) is 38.2 Å². The van der Waals surface area contributed by atoms with E-state index in [1.807, 2.05) is 37.3 Å². The summed E-state index contributed by atoms with van der Waals surface area (Å²) >= 11 is 1.49. The lowest BCUT2D eigenvalue weighted by Gasteiger charge is -2.23. The lowest BCUT2D eigenvalue weighted by Crippen LogP contribution is -3.15. The van der Waals surface area contributed by atoms with Crippen molar-refractivity contribution in [2.24, 2.45) is 0 Å². The summed E-state index contributed by atoms with van der Waals surface area (Å²) in [4.78, 5) is 27.7. The summed E-state index contributed by atoms with van der Waals surface area (Å²) in [5.41, 5.74) is 2.28. The first kappa shape index (κ1) is 18.8. The van der Waals surface area contributed by atoms with Crippen LogP contribution < -0.4 is 10.2 Å². The standard InChI is InChI=1S/C20H24N2O3S/c1-3-16-12-17(19(24)15-6-4-5-14(2)11-15)20(26-16)21-18(23)13-22-7-9-25-10-8-22/h4-6,11-12H,3,7-10,13H2,1-2H3,(H,21,23)/p+1. The van der Waals surface area contributed by atoms with Crippen LogP contribution in [0.25, 0.3) is 0 Å². The molecule has 0 bridgehead atoms. The van der Waals surface area contributed by atoms with E-state index in [0.29, 0.717) is 35.9 Å². The fraction of sp³-hybridized carbons (Fsp3) is 0.400. The van der Waals surface area contributed by atoms with Gasteiger partial charge < -0.3 is 15.0 Å². The monoisotopic (exact) mass is 373 g/mol. The fourth-order valence-electron chi connectivity index (χ4n) is 3.05. The van der Waals surface area contributed by atoms with E-state index in [4.69, 9.17) is 4.74 Å².